The Morgan fingerprint density at radius 1 is 1.26 bits per heavy atom. The number of hydrogen-bond donors (Lipinski definition) is 3. The van der Waals surface area contributed by atoms with Crippen molar-refractivity contribution in [2.45, 2.75) is 38.6 Å². The summed E-state index contributed by atoms with van der Waals surface area (Å²) in [6.07, 6.45) is 3.79. The van der Waals surface area contributed by atoms with E-state index in [-0.39, 0.29) is 24.4 Å². The van der Waals surface area contributed by atoms with Crippen molar-refractivity contribution in [2.75, 3.05) is 30.3 Å². The number of carbonyl (C=O) groups excluding carboxylic acids is 1. The first-order valence-corrected chi connectivity index (χ1v) is 11.2. The molecule has 0 radical (unpaired) electrons. The predicted octanol–water partition coefficient (Wildman–Crippen LogP) is 4.90. The molecule has 1 fully saturated rings. The number of benzene rings is 1. The van der Waals surface area contributed by atoms with Crippen LogP contribution in [0.3, 0.4) is 0 Å². The molecule has 3 heterocycles. The Bertz CT molecular complexity index is 1060. The molecule has 1 saturated heterocycles. The first-order valence-electron chi connectivity index (χ1n) is 10.5. The van der Waals surface area contributed by atoms with E-state index in [1.807, 2.05) is 17.2 Å². The van der Waals surface area contributed by atoms with E-state index in [0.717, 1.165) is 47.7 Å². The number of piperidine rings is 1. The fourth-order valence-corrected chi connectivity index (χ4v) is 4.31. The quantitative estimate of drug-likeness (QED) is 0.486. The summed E-state index contributed by atoms with van der Waals surface area (Å²) in [4.78, 5) is 27.2. The van der Waals surface area contributed by atoms with Crippen LogP contribution in [-0.2, 0) is 4.79 Å². The molecular formula is C22H26Cl2N6O. The summed E-state index contributed by atoms with van der Waals surface area (Å²) in [5.74, 6) is 1.88. The van der Waals surface area contributed by atoms with Gasteiger partial charge in [-0.1, -0.05) is 37.0 Å². The van der Waals surface area contributed by atoms with E-state index in [0.29, 0.717) is 16.6 Å². The molecule has 1 aliphatic rings. The van der Waals surface area contributed by atoms with Crippen molar-refractivity contribution in [3.05, 3.63) is 46.3 Å². The van der Waals surface area contributed by atoms with E-state index in [2.05, 4.69) is 34.4 Å². The first-order chi connectivity index (χ1) is 14.9. The molecule has 1 unspecified atom stereocenters. The zero-order valence-electron chi connectivity index (χ0n) is 17.6. The normalized spacial score (nSPS) is 16.7. The van der Waals surface area contributed by atoms with E-state index in [4.69, 9.17) is 28.2 Å². The fraction of sp³-hybridized carbons (Fsp3) is 0.409. The summed E-state index contributed by atoms with van der Waals surface area (Å²) in [6, 6.07) is 7.28. The minimum atomic E-state index is 0.0416. The highest BCUT2D eigenvalue weighted by molar-refractivity contribution is 6.35. The number of nitrogens with zero attached hydrogens (tertiary/aromatic N) is 3. The second kappa shape index (κ2) is 9.32. The highest BCUT2D eigenvalue weighted by atomic mass is 35.5. The molecule has 1 amide bonds. The van der Waals surface area contributed by atoms with E-state index in [9.17, 15) is 4.79 Å². The number of H-pyrrole nitrogens is 1. The van der Waals surface area contributed by atoms with Crippen LogP contribution in [0.2, 0.25) is 10.0 Å². The van der Waals surface area contributed by atoms with Gasteiger partial charge >= 0.3 is 0 Å². The largest absolute Gasteiger partial charge is 0.376 e. The maximum Gasteiger partial charge on any atom is 0.241 e. The van der Waals surface area contributed by atoms with Crippen molar-refractivity contribution in [3.8, 4) is 0 Å². The summed E-state index contributed by atoms with van der Waals surface area (Å²) < 4.78 is 0. The smallest absolute Gasteiger partial charge is 0.241 e. The molecular weight excluding hydrogens is 435 g/mol. The Labute approximate surface area is 191 Å². The standard InChI is InChI=1S/C22H26Cl2N6O/c1-13(2)20-28-21-18(5-6-25-21)22(29-20)27-16-4-3-7-30(12-16)19(31)11-26-17-9-14(23)8-15(24)10-17/h5-6,8-10,13,16,26H,3-4,7,11-12H2,1-2H3,(H2,25,27,28,29). The van der Waals surface area contributed by atoms with Crippen molar-refractivity contribution in [3.63, 3.8) is 0 Å². The number of fused-ring (bicyclic) bond motifs is 1. The van der Waals surface area contributed by atoms with Gasteiger partial charge in [0.05, 0.1) is 11.9 Å². The van der Waals surface area contributed by atoms with Crippen molar-refractivity contribution in [1.29, 1.82) is 0 Å². The molecule has 4 rings (SSSR count). The van der Waals surface area contributed by atoms with Crippen molar-refractivity contribution in [2.24, 2.45) is 0 Å². The zero-order chi connectivity index (χ0) is 22.0. The van der Waals surface area contributed by atoms with Crippen molar-refractivity contribution in [1.82, 2.24) is 19.9 Å². The Morgan fingerprint density at radius 2 is 2.03 bits per heavy atom. The predicted molar refractivity (Wildman–Crippen MR) is 126 cm³/mol. The van der Waals surface area contributed by atoms with Gasteiger partial charge in [0.15, 0.2) is 0 Å². The van der Waals surface area contributed by atoms with Gasteiger partial charge in [-0.25, -0.2) is 9.97 Å². The molecule has 2 aromatic heterocycles. The van der Waals surface area contributed by atoms with Crippen LogP contribution in [0.5, 0.6) is 0 Å². The zero-order valence-corrected chi connectivity index (χ0v) is 19.1. The van der Waals surface area contributed by atoms with Crippen molar-refractivity contribution >= 4 is 51.6 Å². The molecule has 9 heteroatoms. The lowest BCUT2D eigenvalue weighted by atomic mass is 10.1. The summed E-state index contributed by atoms with van der Waals surface area (Å²) in [7, 11) is 0. The second-order valence-electron chi connectivity index (χ2n) is 8.16. The van der Waals surface area contributed by atoms with Crippen molar-refractivity contribution < 1.29 is 4.79 Å². The van der Waals surface area contributed by atoms with Gasteiger partial charge in [-0.15, -0.1) is 0 Å². The topological polar surface area (TPSA) is 85.9 Å². The Balaban J connectivity index is 1.41. The number of carbonyl (C=O) groups is 1. The molecule has 0 aliphatic carbocycles. The van der Waals surface area contributed by atoms with Gasteiger partial charge in [-0.05, 0) is 37.1 Å². The molecule has 0 spiro atoms. The minimum Gasteiger partial charge on any atom is -0.376 e. The first kappa shape index (κ1) is 21.7. The van der Waals surface area contributed by atoms with Crippen LogP contribution in [0.25, 0.3) is 11.0 Å². The van der Waals surface area contributed by atoms with Crippen LogP contribution in [0, 0.1) is 0 Å². The molecule has 164 valence electrons. The van der Waals surface area contributed by atoms with E-state index in [1.54, 1.807) is 18.2 Å². The van der Waals surface area contributed by atoms with Gasteiger partial charge in [0.1, 0.15) is 17.3 Å². The highest BCUT2D eigenvalue weighted by Gasteiger charge is 2.24. The van der Waals surface area contributed by atoms with Gasteiger partial charge in [-0.3, -0.25) is 4.79 Å². The van der Waals surface area contributed by atoms with Crippen LogP contribution < -0.4 is 10.6 Å². The highest BCUT2D eigenvalue weighted by Crippen LogP contribution is 2.25. The van der Waals surface area contributed by atoms with Gasteiger partial charge in [0.2, 0.25) is 5.91 Å². The number of rotatable bonds is 6. The average molecular weight is 461 g/mol. The third-order valence-corrected chi connectivity index (χ3v) is 5.81. The number of hydrogen-bond acceptors (Lipinski definition) is 5. The number of halogens is 2. The third kappa shape index (κ3) is 5.22. The maximum atomic E-state index is 12.8. The number of nitrogens with one attached hydrogen (secondary N) is 3. The third-order valence-electron chi connectivity index (χ3n) is 5.37. The lowest BCUT2D eigenvalue weighted by molar-refractivity contribution is -0.130. The molecule has 0 saturated carbocycles. The number of amides is 1. The van der Waals surface area contributed by atoms with Crippen LogP contribution in [0.1, 0.15) is 38.4 Å². The average Bonchev–Trinajstić information content (AvgIpc) is 3.20. The summed E-state index contributed by atoms with van der Waals surface area (Å²) in [6.45, 7) is 5.72. The van der Waals surface area contributed by atoms with Crippen LogP contribution in [-0.4, -0.2) is 51.4 Å². The summed E-state index contributed by atoms with van der Waals surface area (Å²) >= 11 is 12.1. The lowest BCUT2D eigenvalue weighted by Crippen LogP contribution is -2.47. The maximum absolute atomic E-state index is 12.8. The molecule has 0 bridgehead atoms. The van der Waals surface area contributed by atoms with Gasteiger partial charge in [0, 0.05) is 47.0 Å². The van der Waals surface area contributed by atoms with Gasteiger partial charge in [-0.2, -0.15) is 0 Å². The fourth-order valence-electron chi connectivity index (χ4n) is 3.79. The van der Waals surface area contributed by atoms with E-state index in [1.165, 1.54) is 0 Å². The number of likely N-dealkylation sites (tertiary alicyclic amines) is 1. The van der Waals surface area contributed by atoms with Crippen LogP contribution in [0.15, 0.2) is 30.5 Å². The second-order valence-corrected chi connectivity index (χ2v) is 9.03. The van der Waals surface area contributed by atoms with Crippen LogP contribution in [0.4, 0.5) is 11.5 Å². The van der Waals surface area contributed by atoms with Gasteiger partial charge in [0.25, 0.3) is 0 Å². The summed E-state index contributed by atoms with van der Waals surface area (Å²) in [5.41, 5.74) is 1.56. The molecule has 31 heavy (non-hydrogen) atoms. The summed E-state index contributed by atoms with van der Waals surface area (Å²) in [5, 5.41) is 8.71. The molecule has 1 atom stereocenters. The Kier molecular flexibility index (Phi) is 6.53. The number of aromatic nitrogens is 3. The molecule has 7 nitrogen and oxygen atoms in total. The SMILES string of the molecule is CC(C)c1nc(NC2CCCN(C(=O)CNc3cc(Cl)cc(Cl)c3)C2)c2cc[nH]c2n1. The Hall–Kier alpha value is -2.51. The van der Waals surface area contributed by atoms with Crippen LogP contribution >= 0.6 is 23.2 Å². The monoisotopic (exact) mass is 460 g/mol. The molecule has 3 aromatic rings. The molecule has 3 N–H and O–H groups in total. The van der Waals surface area contributed by atoms with E-state index >= 15 is 0 Å². The number of anilines is 2. The number of aromatic amines is 1. The molecule has 1 aliphatic heterocycles. The Morgan fingerprint density at radius 3 is 2.77 bits per heavy atom. The van der Waals surface area contributed by atoms with E-state index < -0.39 is 0 Å². The minimum absolute atomic E-state index is 0.0416. The van der Waals surface area contributed by atoms with Gasteiger partial charge < -0.3 is 20.5 Å². The molecule has 1 aromatic carbocycles. The lowest BCUT2D eigenvalue weighted by Gasteiger charge is -2.33.